The number of benzene rings is 2. The smallest absolute Gasteiger partial charge is 0.151 e. The Hall–Kier alpha value is -1.52. The third-order valence-electron chi connectivity index (χ3n) is 2.78. The minimum atomic E-state index is -0.718. The Balaban J connectivity index is 2.03. The van der Waals surface area contributed by atoms with Gasteiger partial charge in [0.1, 0.15) is 5.69 Å². The molecule has 0 aliphatic carbocycles. The maximum atomic E-state index is 13.5. The van der Waals surface area contributed by atoms with Crippen LogP contribution >= 0.6 is 23.2 Å². The SMILES string of the molecule is Nc1cc(F)c(NCCc2ccc(Cl)cc2Cl)c(F)c1. The Labute approximate surface area is 125 Å². The molecule has 2 aromatic rings. The van der Waals surface area contributed by atoms with Crippen molar-refractivity contribution in [2.75, 3.05) is 17.6 Å². The molecule has 0 aromatic heterocycles. The van der Waals surface area contributed by atoms with Crippen LogP contribution in [0.1, 0.15) is 5.56 Å². The van der Waals surface area contributed by atoms with Crippen molar-refractivity contribution in [3.8, 4) is 0 Å². The molecule has 0 saturated heterocycles. The molecule has 0 saturated carbocycles. The van der Waals surface area contributed by atoms with Crippen LogP contribution in [0.2, 0.25) is 10.0 Å². The number of anilines is 2. The lowest BCUT2D eigenvalue weighted by molar-refractivity contribution is 0.589. The minimum absolute atomic E-state index is 0.0475. The molecule has 6 heteroatoms. The Morgan fingerprint density at radius 3 is 2.30 bits per heavy atom. The van der Waals surface area contributed by atoms with Crippen molar-refractivity contribution >= 4 is 34.6 Å². The fourth-order valence-corrected chi connectivity index (χ4v) is 2.31. The molecule has 3 N–H and O–H groups in total. The van der Waals surface area contributed by atoms with Gasteiger partial charge in [-0.05, 0) is 36.2 Å². The van der Waals surface area contributed by atoms with E-state index < -0.39 is 11.6 Å². The molecule has 2 rings (SSSR count). The Morgan fingerprint density at radius 1 is 1.05 bits per heavy atom. The fraction of sp³-hybridized carbons (Fsp3) is 0.143. The van der Waals surface area contributed by atoms with Crippen LogP contribution in [0, 0.1) is 11.6 Å². The van der Waals surface area contributed by atoms with Crippen molar-refractivity contribution in [3.05, 3.63) is 57.6 Å². The molecular formula is C14H12Cl2F2N2. The third-order valence-corrected chi connectivity index (χ3v) is 3.36. The molecule has 0 radical (unpaired) electrons. The van der Waals surface area contributed by atoms with Crippen LogP contribution in [0.4, 0.5) is 20.2 Å². The zero-order valence-corrected chi connectivity index (χ0v) is 11.9. The molecule has 0 aliphatic rings. The van der Waals surface area contributed by atoms with Gasteiger partial charge in [0.15, 0.2) is 11.6 Å². The zero-order chi connectivity index (χ0) is 14.7. The van der Waals surface area contributed by atoms with E-state index in [-0.39, 0.29) is 11.4 Å². The summed E-state index contributed by atoms with van der Waals surface area (Å²) in [4.78, 5) is 0. The van der Waals surface area contributed by atoms with Gasteiger partial charge in [-0.1, -0.05) is 29.3 Å². The average molecular weight is 317 g/mol. The van der Waals surface area contributed by atoms with Gasteiger partial charge in [-0.2, -0.15) is 0 Å². The van der Waals surface area contributed by atoms with E-state index in [9.17, 15) is 8.78 Å². The molecule has 0 aliphatic heterocycles. The summed E-state index contributed by atoms with van der Waals surface area (Å²) in [5.74, 6) is -1.44. The molecule has 0 heterocycles. The highest BCUT2D eigenvalue weighted by Gasteiger charge is 2.10. The van der Waals surface area contributed by atoms with Crippen LogP contribution in [0.3, 0.4) is 0 Å². The summed E-state index contributed by atoms with van der Waals surface area (Å²) in [5, 5.41) is 3.77. The number of halogens is 4. The minimum Gasteiger partial charge on any atom is -0.399 e. The molecule has 0 unspecified atom stereocenters. The lowest BCUT2D eigenvalue weighted by atomic mass is 10.1. The van der Waals surface area contributed by atoms with E-state index in [2.05, 4.69) is 5.32 Å². The number of hydrogen-bond acceptors (Lipinski definition) is 2. The number of hydrogen-bond donors (Lipinski definition) is 2. The summed E-state index contributed by atoms with van der Waals surface area (Å²) in [6.07, 6.45) is 0.513. The first kappa shape index (κ1) is 14.9. The summed E-state index contributed by atoms with van der Waals surface area (Å²) >= 11 is 11.8. The third kappa shape index (κ3) is 3.52. The van der Waals surface area contributed by atoms with Crippen LogP contribution in [-0.4, -0.2) is 6.54 Å². The fourth-order valence-electron chi connectivity index (χ4n) is 1.81. The van der Waals surface area contributed by atoms with E-state index in [1.165, 1.54) is 0 Å². The summed E-state index contributed by atoms with van der Waals surface area (Å²) in [5.41, 5.74) is 6.05. The maximum Gasteiger partial charge on any atom is 0.151 e. The largest absolute Gasteiger partial charge is 0.399 e. The van der Waals surface area contributed by atoms with Gasteiger partial charge in [-0.3, -0.25) is 0 Å². The zero-order valence-electron chi connectivity index (χ0n) is 10.4. The Kier molecular flexibility index (Phi) is 4.68. The summed E-state index contributed by atoms with van der Waals surface area (Å²) in [6.45, 7) is 0.332. The van der Waals surface area contributed by atoms with Crippen LogP contribution in [0.5, 0.6) is 0 Å². The van der Waals surface area contributed by atoms with E-state index in [1.807, 2.05) is 0 Å². The Bertz CT molecular complexity index is 610. The van der Waals surface area contributed by atoms with E-state index in [0.717, 1.165) is 17.7 Å². The molecule has 0 bridgehead atoms. The highest BCUT2D eigenvalue weighted by Crippen LogP contribution is 2.23. The van der Waals surface area contributed by atoms with E-state index in [1.54, 1.807) is 18.2 Å². The standard InChI is InChI=1S/C14H12Cl2F2N2/c15-9-2-1-8(11(16)5-9)3-4-20-14-12(17)6-10(19)7-13(14)18/h1-2,5-7,20H,3-4,19H2. The van der Waals surface area contributed by atoms with Crippen LogP contribution < -0.4 is 11.1 Å². The molecule has 0 amide bonds. The first-order chi connectivity index (χ1) is 9.47. The van der Waals surface area contributed by atoms with Crippen LogP contribution in [0.15, 0.2) is 30.3 Å². The lowest BCUT2D eigenvalue weighted by Gasteiger charge is -2.10. The molecule has 2 aromatic carbocycles. The molecule has 2 nitrogen and oxygen atoms in total. The quantitative estimate of drug-likeness (QED) is 0.814. The molecule has 0 atom stereocenters. The van der Waals surface area contributed by atoms with Gasteiger partial charge in [-0.15, -0.1) is 0 Å². The second-order valence-corrected chi connectivity index (χ2v) is 5.12. The van der Waals surface area contributed by atoms with Crippen molar-refractivity contribution in [1.29, 1.82) is 0 Å². The molecule has 106 valence electrons. The number of nitrogens with two attached hydrogens (primary N) is 1. The van der Waals surface area contributed by atoms with Crippen molar-refractivity contribution in [2.45, 2.75) is 6.42 Å². The second-order valence-electron chi connectivity index (χ2n) is 4.27. The predicted molar refractivity (Wildman–Crippen MR) is 79.4 cm³/mol. The average Bonchev–Trinajstić information content (AvgIpc) is 2.34. The number of nitrogen functional groups attached to an aromatic ring is 1. The first-order valence-corrected chi connectivity index (χ1v) is 6.65. The van der Waals surface area contributed by atoms with Crippen LogP contribution in [0.25, 0.3) is 0 Å². The first-order valence-electron chi connectivity index (χ1n) is 5.89. The topological polar surface area (TPSA) is 38.0 Å². The lowest BCUT2D eigenvalue weighted by Crippen LogP contribution is -2.09. The van der Waals surface area contributed by atoms with Crippen molar-refractivity contribution < 1.29 is 8.78 Å². The molecular weight excluding hydrogens is 305 g/mol. The summed E-state index contributed by atoms with van der Waals surface area (Å²) in [6, 6.07) is 7.26. The summed E-state index contributed by atoms with van der Waals surface area (Å²) < 4.78 is 27.1. The van der Waals surface area contributed by atoms with E-state index in [0.29, 0.717) is 23.0 Å². The van der Waals surface area contributed by atoms with E-state index >= 15 is 0 Å². The predicted octanol–water partition coefficient (Wildman–Crippen LogP) is 4.51. The van der Waals surface area contributed by atoms with Gasteiger partial charge >= 0.3 is 0 Å². The van der Waals surface area contributed by atoms with Crippen molar-refractivity contribution in [2.24, 2.45) is 0 Å². The monoisotopic (exact) mass is 316 g/mol. The van der Waals surface area contributed by atoms with Crippen molar-refractivity contribution in [3.63, 3.8) is 0 Å². The maximum absolute atomic E-state index is 13.5. The van der Waals surface area contributed by atoms with Gasteiger partial charge in [0.2, 0.25) is 0 Å². The summed E-state index contributed by atoms with van der Waals surface area (Å²) in [7, 11) is 0. The van der Waals surface area contributed by atoms with Gasteiger partial charge in [0.25, 0.3) is 0 Å². The van der Waals surface area contributed by atoms with Gasteiger partial charge in [0.05, 0.1) is 0 Å². The number of nitrogens with one attached hydrogen (secondary N) is 1. The molecule has 0 fully saturated rings. The van der Waals surface area contributed by atoms with E-state index in [4.69, 9.17) is 28.9 Å². The van der Waals surface area contributed by atoms with Gasteiger partial charge in [-0.25, -0.2) is 8.78 Å². The van der Waals surface area contributed by atoms with Gasteiger partial charge in [0, 0.05) is 22.3 Å². The highest BCUT2D eigenvalue weighted by molar-refractivity contribution is 6.35. The molecule has 20 heavy (non-hydrogen) atoms. The second kappa shape index (κ2) is 6.29. The Morgan fingerprint density at radius 2 is 1.70 bits per heavy atom. The highest BCUT2D eigenvalue weighted by atomic mass is 35.5. The van der Waals surface area contributed by atoms with Gasteiger partial charge < -0.3 is 11.1 Å². The number of rotatable bonds is 4. The normalized spacial score (nSPS) is 10.6. The molecule has 0 spiro atoms. The van der Waals surface area contributed by atoms with Crippen molar-refractivity contribution in [1.82, 2.24) is 0 Å². The van der Waals surface area contributed by atoms with Crippen LogP contribution in [-0.2, 0) is 6.42 Å².